The number of hydrogen-bond acceptors (Lipinski definition) is 5. The highest BCUT2D eigenvalue weighted by atomic mass is 79.9. The van der Waals surface area contributed by atoms with Gasteiger partial charge < -0.3 is 25.9 Å². The van der Waals surface area contributed by atoms with Gasteiger partial charge in [0.05, 0.1) is 5.56 Å². The maximum atomic E-state index is 13.0. The number of aryl methyl sites for hydroxylation is 2. The number of carbonyl (C=O) groups excluding carboxylic acids is 2. The molecule has 2 amide bonds. The Balaban J connectivity index is 1.76. The molecule has 0 spiro atoms. The number of likely N-dealkylation sites (tertiary alicyclic amines) is 1. The summed E-state index contributed by atoms with van der Waals surface area (Å²) in [7, 11) is 0. The van der Waals surface area contributed by atoms with E-state index in [2.05, 4.69) is 31.5 Å². The number of hydrogen-bond donors (Lipinski definition) is 4. The van der Waals surface area contributed by atoms with Crippen LogP contribution in [0.3, 0.4) is 0 Å². The lowest BCUT2D eigenvalue weighted by Gasteiger charge is -2.33. The lowest BCUT2D eigenvalue weighted by atomic mass is 10.0. The molecule has 2 heterocycles. The number of piperidine rings is 1. The van der Waals surface area contributed by atoms with Gasteiger partial charge in [0.1, 0.15) is 0 Å². The molecule has 0 atom stereocenters. The van der Waals surface area contributed by atoms with Gasteiger partial charge in [0.25, 0.3) is 11.5 Å². The predicted molar refractivity (Wildman–Crippen MR) is 133 cm³/mol. The number of halogens is 1. The van der Waals surface area contributed by atoms with Crippen LogP contribution in [0.25, 0.3) is 0 Å². The zero-order chi connectivity index (χ0) is 24.1. The second-order valence-electron chi connectivity index (χ2n) is 8.34. The number of benzene rings is 1. The summed E-state index contributed by atoms with van der Waals surface area (Å²) in [6.45, 7) is 7.00. The van der Waals surface area contributed by atoms with E-state index in [0.29, 0.717) is 46.4 Å². The van der Waals surface area contributed by atoms with Crippen molar-refractivity contribution in [3.8, 4) is 0 Å². The minimum absolute atomic E-state index is 0.0942. The van der Waals surface area contributed by atoms with Gasteiger partial charge in [-0.05, 0) is 50.5 Å². The molecule has 1 aliphatic heterocycles. The fourth-order valence-electron chi connectivity index (χ4n) is 4.16. The van der Waals surface area contributed by atoms with Gasteiger partial charge in [0.2, 0.25) is 5.91 Å². The maximum absolute atomic E-state index is 13.0. The monoisotopic (exact) mass is 515 g/mol. The van der Waals surface area contributed by atoms with Crippen molar-refractivity contribution in [1.82, 2.24) is 15.2 Å². The molecule has 8 nitrogen and oxygen atoms in total. The Labute approximate surface area is 201 Å². The number of aromatic nitrogens is 1. The van der Waals surface area contributed by atoms with E-state index in [1.54, 1.807) is 6.07 Å². The van der Waals surface area contributed by atoms with Crippen LogP contribution in [0.2, 0.25) is 0 Å². The van der Waals surface area contributed by atoms with Crippen LogP contribution >= 0.6 is 15.9 Å². The van der Waals surface area contributed by atoms with E-state index in [-0.39, 0.29) is 30.0 Å². The molecule has 1 fully saturated rings. The molecule has 4 N–H and O–H groups in total. The van der Waals surface area contributed by atoms with Gasteiger partial charge >= 0.3 is 0 Å². The number of rotatable bonds is 7. The van der Waals surface area contributed by atoms with Crippen LogP contribution in [0, 0.1) is 19.3 Å². The molecule has 1 aromatic heterocycles. The summed E-state index contributed by atoms with van der Waals surface area (Å²) in [5, 5.41) is 14.2. The number of anilines is 1. The summed E-state index contributed by atoms with van der Waals surface area (Å²) < 4.78 is 0.712. The Bertz CT molecular complexity index is 1120. The molecule has 1 saturated heterocycles. The highest BCUT2D eigenvalue weighted by molar-refractivity contribution is 9.10. The molecule has 3 rings (SSSR count). The SMILES string of the molecule is CCC(=O)N1CCC(Nc2cc(Br)cc(C(=O)NCc3c(C)cc(C)[nH]c3=O)c2C=N)CC1. The van der Waals surface area contributed by atoms with Crippen LogP contribution in [0.5, 0.6) is 0 Å². The average molecular weight is 516 g/mol. The molecule has 0 saturated carbocycles. The summed E-state index contributed by atoms with van der Waals surface area (Å²) >= 11 is 3.47. The van der Waals surface area contributed by atoms with Gasteiger partial charge in [-0.25, -0.2) is 0 Å². The third kappa shape index (κ3) is 5.90. The fourth-order valence-corrected chi connectivity index (χ4v) is 4.62. The molecule has 0 unspecified atom stereocenters. The lowest BCUT2D eigenvalue weighted by molar-refractivity contribution is -0.131. The van der Waals surface area contributed by atoms with Gasteiger partial charge in [-0.1, -0.05) is 22.9 Å². The molecule has 0 bridgehead atoms. The van der Waals surface area contributed by atoms with Crippen molar-refractivity contribution in [2.45, 2.75) is 52.6 Å². The van der Waals surface area contributed by atoms with E-state index in [4.69, 9.17) is 5.41 Å². The van der Waals surface area contributed by atoms with E-state index in [1.165, 1.54) is 6.21 Å². The molecule has 176 valence electrons. The number of nitrogens with zero attached hydrogens (tertiary/aromatic N) is 1. The minimum Gasteiger partial charge on any atom is -0.382 e. The Kier molecular flexibility index (Phi) is 8.07. The smallest absolute Gasteiger partial charge is 0.253 e. The zero-order valence-corrected chi connectivity index (χ0v) is 20.8. The quantitative estimate of drug-likeness (QED) is 0.422. The number of pyridine rings is 1. The topological polar surface area (TPSA) is 118 Å². The molecule has 1 aromatic carbocycles. The Hall–Kier alpha value is -2.94. The molecule has 2 aromatic rings. The van der Waals surface area contributed by atoms with E-state index in [9.17, 15) is 14.4 Å². The zero-order valence-electron chi connectivity index (χ0n) is 19.2. The summed E-state index contributed by atoms with van der Waals surface area (Å²) in [6, 6.07) is 5.54. The summed E-state index contributed by atoms with van der Waals surface area (Å²) in [5.41, 5.74) is 3.39. The first kappa shape index (κ1) is 24.7. The third-order valence-electron chi connectivity index (χ3n) is 5.96. The van der Waals surface area contributed by atoms with Crippen molar-refractivity contribution in [2.24, 2.45) is 0 Å². The van der Waals surface area contributed by atoms with E-state index >= 15 is 0 Å². The van der Waals surface area contributed by atoms with Crippen molar-refractivity contribution in [1.29, 1.82) is 5.41 Å². The molecule has 0 aliphatic carbocycles. The number of aromatic amines is 1. The first-order valence-electron chi connectivity index (χ1n) is 11.1. The number of H-pyrrole nitrogens is 1. The van der Waals surface area contributed by atoms with E-state index in [0.717, 1.165) is 24.1 Å². The predicted octanol–water partition coefficient (Wildman–Crippen LogP) is 3.49. The van der Waals surface area contributed by atoms with Gasteiger partial charge in [0, 0.05) is 65.3 Å². The number of carbonyl (C=O) groups is 2. The van der Waals surface area contributed by atoms with Crippen LogP contribution in [0.1, 0.15) is 58.9 Å². The first-order valence-corrected chi connectivity index (χ1v) is 11.9. The van der Waals surface area contributed by atoms with E-state index < -0.39 is 0 Å². The second-order valence-corrected chi connectivity index (χ2v) is 9.25. The molecule has 9 heteroatoms. The molecular weight excluding hydrogens is 486 g/mol. The maximum Gasteiger partial charge on any atom is 0.253 e. The molecule has 1 aliphatic rings. The lowest BCUT2D eigenvalue weighted by Crippen LogP contribution is -2.42. The Morgan fingerprint density at radius 2 is 1.94 bits per heavy atom. The largest absolute Gasteiger partial charge is 0.382 e. The summed E-state index contributed by atoms with van der Waals surface area (Å²) in [6.07, 6.45) is 3.27. The van der Waals surface area contributed by atoms with Crippen LogP contribution in [0.15, 0.2) is 27.5 Å². The minimum atomic E-state index is -0.361. The molecular formula is C24H30BrN5O3. The first-order chi connectivity index (χ1) is 15.7. The van der Waals surface area contributed by atoms with E-state index in [1.807, 2.05) is 37.8 Å². The van der Waals surface area contributed by atoms with Crippen LogP contribution < -0.4 is 16.2 Å². The Morgan fingerprint density at radius 1 is 1.24 bits per heavy atom. The van der Waals surface area contributed by atoms with Crippen LogP contribution in [0.4, 0.5) is 5.69 Å². The normalized spacial score (nSPS) is 14.1. The van der Waals surface area contributed by atoms with Gasteiger partial charge in [0.15, 0.2) is 0 Å². The van der Waals surface area contributed by atoms with Gasteiger partial charge in [-0.2, -0.15) is 0 Å². The third-order valence-corrected chi connectivity index (χ3v) is 6.42. The standard InChI is InChI=1S/C24H30BrN5O3/c1-4-22(31)30-7-5-17(6-8-30)29-21-11-16(25)10-18(19(21)12-26)23(32)27-13-20-14(2)9-15(3)28-24(20)33/h9-12,17,26,29H,4-8,13H2,1-3H3,(H,27,32)(H,28,33). The Morgan fingerprint density at radius 3 is 2.55 bits per heavy atom. The fraction of sp³-hybridized carbons (Fsp3) is 0.417. The van der Waals surface area contributed by atoms with Crippen LogP contribution in [-0.2, 0) is 11.3 Å². The average Bonchev–Trinajstić information content (AvgIpc) is 2.77. The second kappa shape index (κ2) is 10.8. The molecule has 0 radical (unpaired) electrons. The van der Waals surface area contributed by atoms with Crippen LogP contribution in [-0.4, -0.2) is 47.0 Å². The van der Waals surface area contributed by atoms with Crippen molar-refractivity contribution >= 4 is 39.6 Å². The van der Waals surface area contributed by atoms with Crippen molar-refractivity contribution in [3.63, 3.8) is 0 Å². The van der Waals surface area contributed by atoms with Gasteiger partial charge in [-0.15, -0.1) is 0 Å². The summed E-state index contributed by atoms with van der Waals surface area (Å²) in [4.78, 5) is 41.8. The summed E-state index contributed by atoms with van der Waals surface area (Å²) in [5.74, 6) is -0.196. The van der Waals surface area contributed by atoms with Crippen molar-refractivity contribution < 1.29 is 9.59 Å². The van der Waals surface area contributed by atoms with Crippen molar-refractivity contribution in [3.05, 3.63) is 61.0 Å². The highest BCUT2D eigenvalue weighted by Gasteiger charge is 2.23. The number of amides is 2. The number of nitrogens with one attached hydrogen (secondary N) is 4. The molecule has 33 heavy (non-hydrogen) atoms. The highest BCUT2D eigenvalue weighted by Crippen LogP contribution is 2.27. The van der Waals surface area contributed by atoms with Gasteiger partial charge in [-0.3, -0.25) is 14.4 Å². The van der Waals surface area contributed by atoms with Crippen molar-refractivity contribution in [2.75, 3.05) is 18.4 Å².